The molecule has 15 heavy (non-hydrogen) atoms. The van der Waals surface area contributed by atoms with Crippen LogP contribution in [0.5, 0.6) is 0 Å². The van der Waals surface area contributed by atoms with Gasteiger partial charge in [0.05, 0.1) is 5.60 Å². The number of rotatable bonds is 5. The minimum absolute atomic E-state index is 0.593. The highest BCUT2D eigenvalue weighted by molar-refractivity contribution is 9.10. The molecule has 0 aromatic carbocycles. The zero-order valence-corrected chi connectivity index (χ0v) is 10.7. The van der Waals surface area contributed by atoms with Crippen LogP contribution in [0, 0.1) is 0 Å². The van der Waals surface area contributed by atoms with Crippen molar-refractivity contribution in [2.24, 2.45) is 0 Å². The monoisotopic (exact) mass is 272 g/mol. The fraction of sp³-hybridized carbons (Fsp3) is 0.545. The first-order chi connectivity index (χ1) is 7.03. The summed E-state index contributed by atoms with van der Waals surface area (Å²) in [5.74, 6) is 0. The van der Waals surface area contributed by atoms with Crippen molar-refractivity contribution >= 4 is 15.9 Å². The third-order valence-electron chi connectivity index (χ3n) is 2.36. The van der Waals surface area contributed by atoms with Crippen molar-refractivity contribution in [1.29, 1.82) is 0 Å². The second-order valence-electron chi connectivity index (χ2n) is 3.97. The molecular weight excluding hydrogens is 256 g/mol. The summed E-state index contributed by atoms with van der Waals surface area (Å²) in [4.78, 5) is 4.07. The molecule has 0 amide bonds. The van der Waals surface area contributed by atoms with E-state index < -0.39 is 5.60 Å². The number of aromatic nitrogens is 1. The minimum Gasteiger partial charge on any atom is -0.389 e. The Morgan fingerprint density at radius 2 is 2.27 bits per heavy atom. The van der Waals surface area contributed by atoms with Crippen molar-refractivity contribution < 1.29 is 5.11 Å². The number of nitrogens with one attached hydrogen (secondary N) is 1. The molecule has 0 aliphatic carbocycles. The van der Waals surface area contributed by atoms with Crippen molar-refractivity contribution in [2.45, 2.75) is 32.4 Å². The van der Waals surface area contributed by atoms with Crippen molar-refractivity contribution in [1.82, 2.24) is 10.3 Å². The standard InChI is InChI=1S/C11H17BrN2O/c1-3-11(2,15)8-14-6-9-4-10(12)7-13-5-9/h4-5,7,14-15H,3,6,8H2,1-2H3. The molecule has 84 valence electrons. The van der Waals surface area contributed by atoms with Gasteiger partial charge >= 0.3 is 0 Å². The number of hydrogen-bond acceptors (Lipinski definition) is 3. The van der Waals surface area contributed by atoms with Crippen molar-refractivity contribution in [3.63, 3.8) is 0 Å². The lowest BCUT2D eigenvalue weighted by molar-refractivity contribution is 0.0555. The first-order valence-corrected chi connectivity index (χ1v) is 5.85. The van der Waals surface area contributed by atoms with Crippen LogP contribution in [0.2, 0.25) is 0 Å². The Bertz CT molecular complexity index is 315. The minimum atomic E-state index is -0.626. The van der Waals surface area contributed by atoms with Gasteiger partial charge in [-0.25, -0.2) is 0 Å². The molecule has 3 nitrogen and oxygen atoms in total. The number of nitrogens with zero attached hydrogens (tertiary/aromatic N) is 1. The lowest BCUT2D eigenvalue weighted by Gasteiger charge is -2.21. The third kappa shape index (κ3) is 4.73. The fourth-order valence-corrected chi connectivity index (χ4v) is 1.57. The molecule has 1 atom stereocenters. The van der Waals surface area contributed by atoms with Crippen LogP contribution in [-0.2, 0) is 6.54 Å². The predicted octanol–water partition coefficient (Wildman–Crippen LogP) is 2.09. The first-order valence-electron chi connectivity index (χ1n) is 5.06. The third-order valence-corrected chi connectivity index (χ3v) is 2.79. The Kier molecular flexibility index (Phi) is 4.70. The van der Waals surface area contributed by atoms with Crippen LogP contribution < -0.4 is 5.32 Å². The predicted molar refractivity (Wildman–Crippen MR) is 64.6 cm³/mol. The summed E-state index contributed by atoms with van der Waals surface area (Å²) in [6.45, 7) is 5.13. The van der Waals surface area contributed by atoms with Gasteiger partial charge in [-0.2, -0.15) is 0 Å². The number of halogens is 1. The van der Waals surface area contributed by atoms with Gasteiger partial charge in [-0.3, -0.25) is 4.98 Å². The summed E-state index contributed by atoms with van der Waals surface area (Å²) < 4.78 is 0.976. The van der Waals surface area contributed by atoms with E-state index >= 15 is 0 Å². The van der Waals surface area contributed by atoms with Crippen molar-refractivity contribution in [2.75, 3.05) is 6.54 Å². The van der Waals surface area contributed by atoms with Crippen LogP contribution in [0.4, 0.5) is 0 Å². The van der Waals surface area contributed by atoms with Crippen LogP contribution in [0.15, 0.2) is 22.9 Å². The van der Waals surface area contributed by atoms with Gasteiger partial charge in [0.2, 0.25) is 0 Å². The van der Waals surface area contributed by atoms with Gasteiger partial charge in [0.25, 0.3) is 0 Å². The van der Waals surface area contributed by atoms with E-state index in [9.17, 15) is 5.11 Å². The quantitative estimate of drug-likeness (QED) is 0.863. The molecular formula is C11H17BrN2O. The summed E-state index contributed by atoms with van der Waals surface area (Å²) in [7, 11) is 0. The fourth-order valence-electron chi connectivity index (χ4n) is 1.15. The van der Waals surface area contributed by atoms with E-state index in [1.54, 1.807) is 6.20 Å². The number of pyridine rings is 1. The SMILES string of the molecule is CCC(C)(O)CNCc1cncc(Br)c1. The van der Waals surface area contributed by atoms with E-state index in [1.807, 2.05) is 26.1 Å². The molecule has 2 N–H and O–H groups in total. The van der Waals surface area contributed by atoms with E-state index in [2.05, 4.69) is 26.2 Å². The van der Waals surface area contributed by atoms with Crippen LogP contribution in [-0.4, -0.2) is 22.2 Å². The highest BCUT2D eigenvalue weighted by Crippen LogP contribution is 2.10. The summed E-state index contributed by atoms with van der Waals surface area (Å²) >= 11 is 3.37. The van der Waals surface area contributed by atoms with E-state index in [1.165, 1.54) is 0 Å². The molecule has 0 aliphatic heterocycles. The zero-order chi connectivity index (χ0) is 11.3. The van der Waals surface area contributed by atoms with E-state index in [-0.39, 0.29) is 0 Å². The van der Waals surface area contributed by atoms with Crippen molar-refractivity contribution in [3.8, 4) is 0 Å². The average Bonchev–Trinajstić information content (AvgIpc) is 2.18. The Morgan fingerprint density at radius 3 is 2.87 bits per heavy atom. The Labute approximate surface area is 99.1 Å². The lowest BCUT2D eigenvalue weighted by atomic mass is 10.0. The molecule has 1 rings (SSSR count). The second kappa shape index (κ2) is 5.58. The van der Waals surface area contributed by atoms with Gasteiger partial charge in [0.1, 0.15) is 0 Å². The van der Waals surface area contributed by atoms with E-state index in [0.29, 0.717) is 6.54 Å². The molecule has 0 saturated carbocycles. The van der Waals surface area contributed by atoms with Crippen LogP contribution >= 0.6 is 15.9 Å². The summed E-state index contributed by atoms with van der Waals surface area (Å²) in [6.07, 6.45) is 4.32. The summed E-state index contributed by atoms with van der Waals surface area (Å²) in [5, 5.41) is 13.0. The van der Waals surface area contributed by atoms with Crippen LogP contribution in [0.25, 0.3) is 0 Å². The molecule has 0 radical (unpaired) electrons. The molecule has 1 aromatic heterocycles. The number of hydrogen-bond donors (Lipinski definition) is 2. The highest BCUT2D eigenvalue weighted by atomic mass is 79.9. The molecule has 1 aromatic rings. The molecule has 0 saturated heterocycles. The first kappa shape index (κ1) is 12.6. The van der Waals surface area contributed by atoms with Gasteiger partial charge in [0.15, 0.2) is 0 Å². The molecule has 0 spiro atoms. The van der Waals surface area contributed by atoms with Gasteiger partial charge in [-0.1, -0.05) is 6.92 Å². The Balaban J connectivity index is 2.38. The molecule has 0 bridgehead atoms. The maximum Gasteiger partial charge on any atom is 0.0741 e. The Morgan fingerprint density at radius 1 is 1.53 bits per heavy atom. The maximum absolute atomic E-state index is 9.77. The highest BCUT2D eigenvalue weighted by Gasteiger charge is 2.16. The Hall–Kier alpha value is -0.450. The summed E-state index contributed by atoms with van der Waals surface area (Å²) in [5.41, 5.74) is 0.482. The van der Waals surface area contributed by atoms with Gasteiger partial charge < -0.3 is 10.4 Å². The normalized spacial score (nSPS) is 14.9. The molecule has 0 aliphatic rings. The van der Waals surface area contributed by atoms with E-state index in [0.717, 1.165) is 23.0 Å². The van der Waals surface area contributed by atoms with Gasteiger partial charge in [-0.05, 0) is 40.9 Å². The average molecular weight is 273 g/mol. The smallest absolute Gasteiger partial charge is 0.0741 e. The second-order valence-corrected chi connectivity index (χ2v) is 4.88. The van der Waals surface area contributed by atoms with Gasteiger partial charge in [0, 0.05) is 30.0 Å². The van der Waals surface area contributed by atoms with E-state index in [4.69, 9.17) is 0 Å². The zero-order valence-electron chi connectivity index (χ0n) is 9.13. The molecule has 1 unspecified atom stereocenters. The summed E-state index contributed by atoms with van der Waals surface area (Å²) in [6, 6.07) is 2.01. The number of aliphatic hydroxyl groups is 1. The molecule has 4 heteroatoms. The van der Waals surface area contributed by atoms with Crippen LogP contribution in [0.1, 0.15) is 25.8 Å². The lowest BCUT2D eigenvalue weighted by Crippen LogP contribution is -2.36. The molecule has 0 fully saturated rings. The van der Waals surface area contributed by atoms with Gasteiger partial charge in [-0.15, -0.1) is 0 Å². The molecule has 1 heterocycles. The maximum atomic E-state index is 9.77. The topological polar surface area (TPSA) is 45.1 Å². The van der Waals surface area contributed by atoms with Crippen LogP contribution in [0.3, 0.4) is 0 Å². The largest absolute Gasteiger partial charge is 0.389 e. The van der Waals surface area contributed by atoms with Crippen molar-refractivity contribution in [3.05, 3.63) is 28.5 Å².